The van der Waals surface area contributed by atoms with E-state index in [9.17, 15) is 86.9 Å². The van der Waals surface area contributed by atoms with E-state index in [-0.39, 0.29) is 87.2 Å². The third-order valence-corrected chi connectivity index (χ3v) is 19.5. The topological polar surface area (TPSA) is 705 Å². The van der Waals surface area contributed by atoms with Gasteiger partial charge < -0.3 is 129 Å². The summed E-state index contributed by atoms with van der Waals surface area (Å²) in [5.74, 6) is -18.7. The van der Waals surface area contributed by atoms with Gasteiger partial charge in [-0.15, -0.1) is 11.8 Å². The van der Waals surface area contributed by atoms with Gasteiger partial charge in [0.05, 0.1) is 24.8 Å². The largest absolute Gasteiger partial charge is 0.508 e. The number of aromatic hydroxyl groups is 1. The van der Waals surface area contributed by atoms with E-state index < -0.39 is 222 Å². The summed E-state index contributed by atoms with van der Waals surface area (Å²) in [6.07, 6.45) is -1.53. The lowest BCUT2D eigenvalue weighted by molar-refractivity contribution is -0.141. The quantitative estimate of drug-likeness (QED) is 0.00821. The average Bonchev–Trinajstić information content (AvgIpc) is 1.66. The number of nitrogens with two attached hydrogens (primary N) is 6. The van der Waals surface area contributed by atoms with Gasteiger partial charge in [0.15, 0.2) is 11.9 Å². The van der Waals surface area contributed by atoms with E-state index in [0.29, 0.717) is 29.3 Å². The third kappa shape index (κ3) is 32.7. The number of carbonyl (C=O) groups excluding carboxylic acids is 16. The molecule has 2 heterocycles. The van der Waals surface area contributed by atoms with Crippen molar-refractivity contribution in [3.05, 3.63) is 65.9 Å². The number of phenolic OH excluding ortho intramolecular Hbond substituents is 1. The van der Waals surface area contributed by atoms with Crippen LogP contribution in [0.1, 0.15) is 117 Å². The Balaban J connectivity index is 1.63. The van der Waals surface area contributed by atoms with Crippen LogP contribution in [0.4, 0.5) is 0 Å². The summed E-state index contributed by atoms with van der Waals surface area (Å²) in [5.41, 5.74) is 35.3. The molecule has 1 aliphatic rings. The van der Waals surface area contributed by atoms with Crippen LogP contribution in [0.2, 0.25) is 0 Å². The van der Waals surface area contributed by atoms with Gasteiger partial charge in [-0.1, -0.05) is 58.0 Å². The van der Waals surface area contributed by atoms with Crippen LogP contribution in [-0.2, 0) is 89.6 Å². The van der Waals surface area contributed by atoms with Crippen LogP contribution in [0.15, 0.2) is 54.7 Å². The first-order valence-electron chi connectivity index (χ1n) is 37.5. The van der Waals surface area contributed by atoms with Gasteiger partial charge in [-0.2, -0.15) is 12.6 Å². The molecule has 1 fully saturated rings. The number of amides is 16. The number of aliphatic hydroxyl groups excluding tert-OH is 1. The number of thiol groups is 1. The zero-order chi connectivity index (χ0) is 86.8. The van der Waals surface area contributed by atoms with Gasteiger partial charge in [0.1, 0.15) is 84.3 Å². The maximum atomic E-state index is 14.8. The third-order valence-electron chi connectivity index (χ3n) is 18.2. The van der Waals surface area contributed by atoms with E-state index in [4.69, 9.17) is 45.2 Å². The molecule has 16 amide bonds. The van der Waals surface area contributed by atoms with Crippen molar-refractivity contribution in [2.75, 3.05) is 37.0 Å². The smallest absolute Gasteiger partial charge is 0.245 e. The number of thioether (sulfide) groups is 1. The Morgan fingerprint density at radius 1 is 0.560 bits per heavy atom. The maximum Gasteiger partial charge on any atom is 0.245 e. The molecule has 0 unspecified atom stereocenters. The number of hydrogen-bond acceptors (Lipinski definition) is 23. The predicted octanol–water partition coefficient (Wildman–Crippen LogP) is -7.07. The first-order valence-corrected chi connectivity index (χ1v) is 39.3. The Morgan fingerprint density at radius 3 is 1.55 bits per heavy atom. The van der Waals surface area contributed by atoms with Crippen molar-refractivity contribution < 1.29 is 86.9 Å². The highest BCUT2D eigenvalue weighted by molar-refractivity contribution is 7.99. The van der Waals surface area contributed by atoms with Crippen LogP contribution >= 0.6 is 24.4 Å². The minimum Gasteiger partial charge on any atom is -0.508 e. The van der Waals surface area contributed by atoms with E-state index in [0.717, 1.165) is 11.8 Å². The molecule has 0 aliphatic carbocycles. The van der Waals surface area contributed by atoms with Gasteiger partial charge in [-0.3, -0.25) is 87.5 Å². The molecule has 116 heavy (non-hydrogen) atoms. The molecule has 31 N–H and O–H groups in total. The summed E-state index contributed by atoms with van der Waals surface area (Å²) < 4.78 is 0. The number of H-pyrrole nitrogens is 1. The standard InChI is InChI=1S/C72H112N24O18S2/c1-34(2)25-50(70(114)96-24-12-17-53(96)58(76)102)92-61(105)45(16-11-23-82-72(79)80)87-66(110)51(31-115)93-69(113)57(35(3)4)95-65(109)49(29-55(74)101)90-63(107)46(26-39-18-20-41(99)21-19-39)88-67(111)52(32-116-33-84-38(7)98)94-64(108)48(28-54(73)100)89-60(104)44(15-10-22-81-71(77)78)86-59(103)36(5)85-62(106)47(91-68(112)56(75)37(6)97)27-40-30-83-43-14-9-8-13-42(40)43/h8-9,13-14,18-21,30,34-37,44-53,56-57,83,97,99,115H,10-12,15-17,22-29,31-33,75H2,1-7H3,(H2,73,100)(H2,74,101)(H2,76,102)(H,84,98)(H,85,106)(H,86,103)(H,87,110)(H,88,111)(H,89,104)(H,90,107)(H,91,112)(H,92,105)(H,93,113)(H,94,108)(H,95,109)(H4,77,78,81)(H4,79,80,82)/t36-,37+,44-,45-,46-,47-,48-,49-,50-,51-,52-,53-,56-,57-/m0/s1. The van der Waals surface area contributed by atoms with Crippen molar-refractivity contribution in [2.45, 2.75) is 204 Å². The highest BCUT2D eigenvalue weighted by Gasteiger charge is 2.41. The molecular weight excluding hydrogens is 1550 g/mol. The number of aliphatic hydroxyl groups is 1. The van der Waals surface area contributed by atoms with Crippen molar-refractivity contribution in [1.29, 1.82) is 10.8 Å². The molecule has 0 radical (unpaired) electrons. The van der Waals surface area contributed by atoms with E-state index in [1.807, 2.05) is 0 Å². The van der Waals surface area contributed by atoms with Crippen molar-refractivity contribution in [2.24, 2.45) is 46.2 Å². The van der Waals surface area contributed by atoms with Gasteiger partial charge in [0.25, 0.3) is 0 Å². The molecule has 4 rings (SSSR count). The lowest BCUT2D eigenvalue weighted by Gasteiger charge is -2.30. The molecule has 640 valence electrons. The normalized spacial score (nSPS) is 15.8. The molecule has 0 spiro atoms. The van der Waals surface area contributed by atoms with Crippen LogP contribution in [0.5, 0.6) is 5.75 Å². The Hall–Kier alpha value is -11.5. The Labute approximate surface area is 679 Å². The number of benzene rings is 2. The summed E-state index contributed by atoms with van der Waals surface area (Å²) >= 11 is 5.16. The highest BCUT2D eigenvalue weighted by atomic mass is 32.2. The minimum atomic E-state index is -1.96. The van der Waals surface area contributed by atoms with Crippen LogP contribution in [0, 0.1) is 22.7 Å². The number of nitrogens with one attached hydrogen (secondary N) is 17. The number of phenols is 1. The summed E-state index contributed by atoms with van der Waals surface area (Å²) in [4.78, 5) is 225. The van der Waals surface area contributed by atoms with Gasteiger partial charge in [-0.25, -0.2) is 0 Å². The molecule has 1 aliphatic heterocycles. The number of aromatic amines is 1. The molecule has 2 aromatic carbocycles. The first kappa shape index (κ1) is 96.8. The molecule has 3 aromatic rings. The van der Waals surface area contributed by atoms with Crippen molar-refractivity contribution in [3.8, 4) is 5.75 Å². The molecule has 1 saturated heterocycles. The summed E-state index contributed by atoms with van der Waals surface area (Å²) in [7, 11) is 0. The van der Waals surface area contributed by atoms with Gasteiger partial charge >= 0.3 is 0 Å². The zero-order valence-corrected chi connectivity index (χ0v) is 67.4. The Morgan fingerprint density at radius 2 is 1.03 bits per heavy atom. The SMILES string of the molecule is CC(=O)NCSC[C@H](NC(=O)[C@H](CC(N)=O)NC(=O)[C@H](CCCNC(=N)N)NC(=O)[C@H](C)NC(=O)[C@H](Cc1c[nH]c2ccccc12)NC(=O)[C@@H](N)[C@@H](C)O)C(=O)N[C@@H](Cc1ccc(O)cc1)C(=O)N[C@@H](CC(N)=O)C(=O)N[C@H](C(=O)N[C@@H](CS)C(=O)N[C@@H](CCCNC(=N)N)C(=O)N[C@@H](CC(C)C)C(=O)N1CCC[C@H]1C(N)=O)C(C)C. The second kappa shape index (κ2) is 48.0. The molecule has 1 aromatic heterocycles. The Bertz CT molecular complexity index is 3980. The van der Waals surface area contributed by atoms with Gasteiger partial charge in [0, 0.05) is 68.0 Å². The fraction of sp³-hybridized carbons (Fsp3) is 0.556. The van der Waals surface area contributed by atoms with Crippen LogP contribution in [0.3, 0.4) is 0 Å². The van der Waals surface area contributed by atoms with Gasteiger partial charge in [-0.05, 0) is 100.0 Å². The summed E-state index contributed by atoms with van der Waals surface area (Å²) in [6, 6.07) is -7.72. The molecule has 44 heteroatoms. The number of rotatable bonds is 49. The van der Waals surface area contributed by atoms with Crippen LogP contribution in [-0.4, -0.2) is 248 Å². The second-order valence-electron chi connectivity index (χ2n) is 28.7. The highest BCUT2D eigenvalue weighted by Crippen LogP contribution is 2.23. The van der Waals surface area contributed by atoms with E-state index >= 15 is 0 Å². The fourth-order valence-corrected chi connectivity index (χ4v) is 13.1. The predicted molar refractivity (Wildman–Crippen MR) is 430 cm³/mol. The number of likely N-dealkylation sites (tertiary alicyclic amines) is 1. The number of primary amides is 3. The zero-order valence-electron chi connectivity index (χ0n) is 65.6. The van der Waals surface area contributed by atoms with Crippen molar-refractivity contribution >= 4 is 142 Å². The average molecular weight is 1670 g/mol. The first-order chi connectivity index (χ1) is 54.6. The minimum absolute atomic E-state index is 0.00358. The van der Waals surface area contributed by atoms with E-state index in [2.05, 4.69) is 92.0 Å². The lowest BCUT2D eigenvalue weighted by Crippen LogP contribution is -2.62. The van der Waals surface area contributed by atoms with Crippen molar-refractivity contribution in [1.82, 2.24) is 84.3 Å². The number of hydrogen-bond donors (Lipinski definition) is 26. The van der Waals surface area contributed by atoms with Crippen LogP contribution in [0.25, 0.3) is 10.9 Å². The maximum absolute atomic E-state index is 14.8. The van der Waals surface area contributed by atoms with Crippen LogP contribution < -0.4 is 109 Å². The summed E-state index contributed by atoms with van der Waals surface area (Å²) in [5, 5.41) is 71.3. The molecule has 0 saturated carbocycles. The number of para-hydroxylation sites is 1. The monoisotopic (exact) mass is 1660 g/mol. The number of carbonyl (C=O) groups is 16. The second-order valence-corrected chi connectivity index (χ2v) is 30.1. The number of fused-ring (bicyclic) bond motifs is 1. The number of nitrogens with zero attached hydrogens (tertiary/aromatic N) is 1. The van der Waals surface area contributed by atoms with E-state index in [1.165, 1.54) is 63.8 Å². The fourth-order valence-electron chi connectivity index (χ4n) is 12.0. The Kier molecular flexibility index (Phi) is 40.0. The molecule has 42 nitrogen and oxygen atoms in total. The lowest BCUT2D eigenvalue weighted by atomic mass is 10.0. The van der Waals surface area contributed by atoms with Gasteiger partial charge in [0.2, 0.25) is 94.5 Å². The molecule has 14 atom stereocenters. The molecular formula is C72H112N24O18S2. The van der Waals surface area contributed by atoms with E-state index in [1.54, 1.807) is 44.3 Å². The summed E-state index contributed by atoms with van der Waals surface area (Å²) in [6.45, 7) is 10.5. The molecule has 0 bridgehead atoms. The number of aromatic nitrogens is 1. The van der Waals surface area contributed by atoms with Crippen molar-refractivity contribution in [3.63, 3.8) is 0 Å². The number of guanidine groups is 2.